The van der Waals surface area contributed by atoms with E-state index in [2.05, 4.69) is 66.0 Å². The van der Waals surface area contributed by atoms with E-state index in [1.54, 1.807) is 7.05 Å². The summed E-state index contributed by atoms with van der Waals surface area (Å²) in [4.78, 5) is 18.4. The molecule has 0 aromatic heterocycles. The number of halogens is 2. The maximum absolute atomic E-state index is 11.7. The summed E-state index contributed by atoms with van der Waals surface area (Å²) in [6.07, 6.45) is 3.08. The summed E-state index contributed by atoms with van der Waals surface area (Å²) in [6, 6.07) is 8.92. The van der Waals surface area contributed by atoms with Gasteiger partial charge >= 0.3 is 0 Å². The molecule has 2 rings (SSSR count). The van der Waals surface area contributed by atoms with Crippen LogP contribution in [0.15, 0.2) is 33.7 Å². The smallest absolute Gasteiger partial charge is 0.239 e. The number of hydrogen-bond acceptors (Lipinski definition) is 3. The Bertz CT molecular complexity index is 588. The lowest BCUT2D eigenvalue weighted by Crippen LogP contribution is -2.50. The van der Waals surface area contributed by atoms with Crippen LogP contribution in [-0.2, 0) is 11.3 Å². The number of guanidine groups is 1. The van der Waals surface area contributed by atoms with Gasteiger partial charge in [-0.05, 0) is 37.0 Å². The Morgan fingerprint density at radius 3 is 2.48 bits per heavy atom. The number of likely N-dealkylation sites (tertiary alicyclic amines) is 1. The Kier molecular flexibility index (Phi) is 11.9. The van der Waals surface area contributed by atoms with Crippen LogP contribution < -0.4 is 16.0 Å². The maximum Gasteiger partial charge on any atom is 0.239 e. The van der Waals surface area contributed by atoms with Crippen LogP contribution in [-0.4, -0.2) is 56.0 Å². The van der Waals surface area contributed by atoms with Crippen LogP contribution in [0, 0.1) is 0 Å². The molecule has 0 saturated carbocycles. The fourth-order valence-electron chi connectivity index (χ4n) is 2.96. The van der Waals surface area contributed by atoms with Gasteiger partial charge in [-0.15, -0.1) is 24.0 Å². The highest BCUT2D eigenvalue weighted by Crippen LogP contribution is 2.16. The lowest BCUT2D eigenvalue weighted by Gasteiger charge is -2.33. The molecule has 27 heavy (non-hydrogen) atoms. The van der Waals surface area contributed by atoms with Crippen LogP contribution in [0.25, 0.3) is 0 Å². The van der Waals surface area contributed by atoms with Gasteiger partial charge in [0.2, 0.25) is 5.91 Å². The molecule has 8 heteroatoms. The van der Waals surface area contributed by atoms with E-state index in [1.807, 2.05) is 6.92 Å². The fourth-order valence-corrected chi connectivity index (χ4v) is 3.23. The first kappa shape index (κ1) is 24.2. The quantitative estimate of drug-likeness (QED) is 0.277. The molecule has 1 amide bonds. The van der Waals surface area contributed by atoms with Gasteiger partial charge in [-0.2, -0.15) is 0 Å². The van der Waals surface area contributed by atoms with Crippen molar-refractivity contribution in [2.45, 2.75) is 38.8 Å². The molecule has 0 spiro atoms. The number of aliphatic imine (C=N–C) groups is 1. The van der Waals surface area contributed by atoms with E-state index in [-0.39, 0.29) is 36.4 Å². The van der Waals surface area contributed by atoms with E-state index in [1.165, 1.54) is 5.56 Å². The predicted molar refractivity (Wildman–Crippen MR) is 126 cm³/mol. The summed E-state index contributed by atoms with van der Waals surface area (Å²) >= 11 is 3.48. The van der Waals surface area contributed by atoms with E-state index >= 15 is 0 Å². The number of nitrogens with one attached hydrogen (secondary N) is 3. The summed E-state index contributed by atoms with van der Waals surface area (Å²) in [6.45, 7) is 6.11. The Labute approximate surface area is 188 Å². The topological polar surface area (TPSA) is 68.8 Å². The second-order valence-corrected chi connectivity index (χ2v) is 7.51. The third-order valence-corrected chi connectivity index (χ3v) is 4.99. The van der Waals surface area contributed by atoms with Crippen molar-refractivity contribution in [2.75, 3.05) is 33.2 Å². The summed E-state index contributed by atoms with van der Waals surface area (Å²) in [7, 11) is 1.74. The minimum absolute atomic E-state index is 0. The van der Waals surface area contributed by atoms with Crippen molar-refractivity contribution in [2.24, 2.45) is 4.99 Å². The standard InChI is InChI=1S/C19H30BrN5O.HI/c1-3-10-22-18(26)13-23-19(21-2)24-17-8-11-25(12-9-17)14-15-4-6-16(20)7-5-15;/h4-7,17H,3,8-14H2,1-2H3,(H,22,26)(H2,21,23,24);1H. The molecule has 0 aliphatic carbocycles. The normalized spacial score (nSPS) is 15.7. The van der Waals surface area contributed by atoms with Crippen LogP contribution in [0.5, 0.6) is 0 Å². The summed E-state index contributed by atoms with van der Waals surface area (Å²) in [5, 5.41) is 9.38. The molecule has 0 unspecified atom stereocenters. The lowest BCUT2D eigenvalue weighted by atomic mass is 10.0. The molecule has 6 nitrogen and oxygen atoms in total. The van der Waals surface area contributed by atoms with E-state index in [0.29, 0.717) is 18.5 Å². The number of piperidine rings is 1. The second-order valence-electron chi connectivity index (χ2n) is 6.60. The van der Waals surface area contributed by atoms with Crippen molar-refractivity contribution in [1.29, 1.82) is 0 Å². The number of carbonyl (C=O) groups excluding carboxylic acids is 1. The van der Waals surface area contributed by atoms with Gasteiger partial charge in [-0.25, -0.2) is 0 Å². The largest absolute Gasteiger partial charge is 0.355 e. The van der Waals surface area contributed by atoms with Crippen LogP contribution in [0.1, 0.15) is 31.7 Å². The molecule has 1 aliphatic heterocycles. The van der Waals surface area contributed by atoms with E-state index in [4.69, 9.17) is 0 Å². The molecule has 1 saturated heterocycles. The number of rotatable bonds is 7. The fraction of sp³-hybridized carbons (Fsp3) is 0.579. The average molecular weight is 552 g/mol. The van der Waals surface area contributed by atoms with Crippen LogP contribution in [0.4, 0.5) is 0 Å². The van der Waals surface area contributed by atoms with Gasteiger partial charge in [0, 0.05) is 43.7 Å². The molecule has 1 aromatic carbocycles. The Hall–Kier alpha value is -0.870. The molecule has 3 N–H and O–H groups in total. The van der Waals surface area contributed by atoms with Gasteiger partial charge in [-0.1, -0.05) is 35.0 Å². The molecule has 1 heterocycles. The van der Waals surface area contributed by atoms with Gasteiger partial charge in [-0.3, -0.25) is 14.7 Å². The highest BCUT2D eigenvalue weighted by atomic mass is 127. The third kappa shape index (κ3) is 9.25. The molecule has 1 aliphatic rings. The van der Waals surface area contributed by atoms with Gasteiger partial charge in [0.25, 0.3) is 0 Å². The first-order valence-corrected chi connectivity index (χ1v) is 10.1. The first-order chi connectivity index (χ1) is 12.6. The zero-order valence-electron chi connectivity index (χ0n) is 16.1. The van der Waals surface area contributed by atoms with Crippen molar-refractivity contribution in [3.05, 3.63) is 34.3 Å². The van der Waals surface area contributed by atoms with Crippen molar-refractivity contribution in [1.82, 2.24) is 20.9 Å². The number of nitrogens with zero attached hydrogens (tertiary/aromatic N) is 2. The Morgan fingerprint density at radius 2 is 1.89 bits per heavy atom. The van der Waals surface area contributed by atoms with Crippen LogP contribution in [0.2, 0.25) is 0 Å². The maximum atomic E-state index is 11.7. The minimum atomic E-state index is -0.000817. The van der Waals surface area contributed by atoms with Crippen molar-refractivity contribution in [3.63, 3.8) is 0 Å². The third-order valence-electron chi connectivity index (χ3n) is 4.46. The summed E-state index contributed by atoms with van der Waals surface area (Å²) in [5.41, 5.74) is 1.34. The lowest BCUT2D eigenvalue weighted by molar-refractivity contribution is -0.120. The van der Waals surface area contributed by atoms with Gasteiger partial charge in [0.15, 0.2) is 5.96 Å². The summed E-state index contributed by atoms with van der Waals surface area (Å²) < 4.78 is 1.12. The van der Waals surface area contributed by atoms with Crippen LogP contribution >= 0.6 is 39.9 Å². The Morgan fingerprint density at radius 1 is 1.22 bits per heavy atom. The minimum Gasteiger partial charge on any atom is -0.355 e. The van der Waals surface area contributed by atoms with Gasteiger partial charge < -0.3 is 16.0 Å². The molecule has 1 aromatic rings. The SMILES string of the molecule is CCCNC(=O)CNC(=NC)NC1CCN(Cc2ccc(Br)cc2)CC1.I. The van der Waals surface area contributed by atoms with Crippen molar-refractivity contribution in [3.8, 4) is 0 Å². The van der Waals surface area contributed by atoms with E-state index in [0.717, 1.165) is 43.4 Å². The zero-order valence-corrected chi connectivity index (χ0v) is 20.0. The second kappa shape index (κ2) is 13.3. The first-order valence-electron chi connectivity index (χ1n) is 9.31. The van der Waals surface area contributed by atoms with Gasteiger partial charge in [0.1, 0.15) is 0 Å². The van der Waals surface area contributed by atoms with E-state index in [9.17, 15) is 4.79 Å². The summed E-state index contributed by atoms with van der Waals surface area (Å²) in [5.74, 6) is 0.696. The zero-order chi connectivity index (χ0) is 18.8. The van der Waals surface area contributed by atoms with Gasteiger partial charge in [0.05, 0.1) is 6.54 Å². The number of hydrogen-bond donors (Lipinski definition) is 3. The molecule has 0 atom stereocenters. The average Bonchev–Trinajstić information content (AvgIpc) is 2.66. The monoisotopic (exact) mass is 551 g/mol. The van der Waals surface area contributed by atoms with E-state index < -0.39 is 0 Å². The van der Waals surface area contributed by atoms with Crippen LogP contribution in [0.3, 0.4) is 0 Å². The molecule has 1 fully saturated rings. The number of carbonyl (C=O) groups is 1. The number of benzene rings is 1. The molecule has 0 bridgehead atoms. The molecular weight excluding hydrogens is 521 g/mol. The molecule has 152 valence electrons. The van der Waals surface area contributed by atoms with Crippen molar-refractivity contribution < 1.29 is 4.79 Å². The molecule has 0 radical (unpaired) electrons. The molecular formula is C19H31BrIN5O. The highest BCUT2D eigenvalue weighted by molar-refractivity contribution is 14.0. The predicted octanol–water partition coefficient (Wildman–Crippen LogP) is 2.72. The highest BCUT2D eigenvalue weighted by Gasteiger charge is 2.20. The van der Waals surface area contributed by atoms with Crippen molar-refractivity contribution >= 4 is 51.8 Å². The number of amides is 1. The Balaban J connectivity index is 0.00000364.